The van der Waals surface area contributed by atoms with E-state index in [4.69, 9.17) is 17.0 Å². The minimum absolute atomic E-state index is 0.00959. The van der Waals surface area contributed by atoms with E-state index >= 15 is 0 Å². The molecule has 0 radical (unpaired) electrons. The number of nitrogens with zero attached hydrogens (tertiary/aromatic N) is 1. The van der Waals surface area contributed by atoms with Crippen molar-refractivity contribution in [2.24, 2.45) is 11.8 Å². The van der Waals surface area contributed by atoms with Gasteiger partial charge in [-0.2, -0.15) is 0 Å². The van der Waals surface area contributed by atoms with Crippen LogP contribution in [0.3, 0.4) is 0 Å². The average molecular weight is 402 g/mol. The van der Waals surface area contributed by atoms with Crippen molar-refractivity contribution in [1.29, 1.82) is 0 Å². The summed E-state index contributed by atoms with van der Waals surface area (Å²) in [6.45, 7) is 6.40. The van der Waals surface area contributed by atoms with Gasteiger partial charge in [0.15, 0.2) is 5.11 Å². The maximum absolute atomic E-state index is 13.1. The van der Waals surface area contributed by atoms with Crippen LogP contribution in [0.4, 0.5) is 5.69 Å². The van der Waals surface area contributed by atoms with Gasteiger partial charge in [-0.3, -0.25) is 0 Å². The van der Waals surface area contributed by atoms with Gasteiger partial charge in [0.05, 0.1) is 11.6 Å². The number of rotatable bonds is 4. The molecule has 152 valence electrons. The molecule has 0 unspecified atom stereocenters. The van der Waals surface area contributed by atoms with Gasteiger partial charge in [0, 0.05) is 25.5 Å². The number of hydrogen-bond acceptors (Lipinski definition) is 4. The van der Waals surface area contributed by atoms with Crippen LogP contribution in [0.2, 0.25) is 0 Å². The molecule has 2 N–H and O–H groups in total. The second-order valence-electron chi connectivity index (χ2n) is 8.35. The molecule has 3 rings (SSSR count). The second kappa shape index (κ2) is 8.52. The zero-order valence-corrected chi connectivity index (χ0v) is 18.2. The summed E-state index contributed by atoms with van der Waals surface area (Å²) in [6.07, 6.45) is 2.96. The lowest BCUT2D eigenvalue weighted by Crippen LogP contribution is -2.45. The van der Waals surface area contributed by atoms with Crippen molar-refractivity contribution in [3.05, 3.63) is 41.1 Å². The van der Waals surface area contributed by atoms with E-state index in [1.54, 1.807) is 0 Å². The van der Waals surface area contributed by atoms with Crippen molar-refractivity contribution in [3.63, 3.8) is 0 Å². The highest BCUT2D eigenvalue weighted by atomic mass is 32.1. The van der Waals surface area contributed by atoms with Crippen LogP contribution in [0.15, 0.2) is 35.5 Å². The summed E-state index contributed by atoms with van der Waals surface area (Å²) in [6, 6.07) is 7.85. The Hall–Kier alpha value is -2.08. The number of thiocarbonyl (C=S) groups is 1. The lowest BCUT2D eigenvalue weighted by atomic mass is 9.80. The third-order valence-corrected chi connectivity index (χ3v) is 6.28. The predicted octanol–water partition coefficient (Wildman–Crippen LogP) is 3.91. The van der Waals surface area contributed by atoms with E-state index in [2.05, 4.69) is 24.5 Å². The molecule has 28 heavy (non-hydrogen) atoms. The number of ether oxygens (including phenoxy) is 1. The van der Waals surface area contributed by atoms with E-state index in [1.807, 2.05) is 50.2 Å². The molecule has 0 amide bonds. The van der Waals surface area contributed by atoms with Crippen LogP contribution < -0.4 is 15.5 Å². The monoisotopic (exact) mass is 401 g/mol. The molecule has 5 nitrogen and oxygen atoms in total. The number of benzene rings is 1. The number of anilines is 1. The van der Waals surface area contributed by atoms with Gasteiger partial charge >= 0.3 is 5.97 Å². The first-order chi connectivity index (χ1) is 13.3. The van der Waals surface area contributed by atoms with Gasteiger partial charge in [-0.25, -0.2) is 4.79 Å². The first-order valence-corrected chi connectivity index (χ1v) is 10.4. The van der Waals surface area contributed by atoms with E-state index in [-0.39, 0.29) is 18.1 Å². The van der Waals surface area contributed by atoms with Crippen LogP contribution in [0.5, 0.6) is 0 Å². The summed E-state index contributed by atoms with van der Waals surface area (Å²) in [7, 11) is 4.01. The molecule has 1 aromatic rings. The molecule has 1 heterocycles. The third kappa shape index (κ3) is 4.49. The van der Waals surface area contributed by atoms with E-state index in [0.717, 1.165) is 36.2 Å². The summed E-state index contributed by atoms with van der Waals surface area (Å²) < 4.78 is 5.94. The number of allylic oxidation sites excluding steroid dienone is 1. The predicted molar refractivity (Wildman–Crippen MR) is 117 cm³/mol. The summed E-state index contributed by atoms with van der Waals surface area (Å²) in [4.78, 5) is 15.2. The number of carbonyl (C=O) groups excluding carboxylic acids is 1. The summed E-state index contributed by atoms with van der Waals surface area (Å²) >= 11 is 5.34. The maximum Gasteiger partial charge on any atom is 0.338 e. The minimum Gasteiger partial charge on any atom is -0.459 e. The SMILES string of the molecule is CC1=C(C(=O)O[C@@H]2CC[C@@H](C)[C@@H](C)C2)[C@@H](c2ccc(N(C)C)cc2)NC(=S)N1. The van der Waals surface area contributed by atoms with Crippen molar-refractivity contribution in [1.82, 2.24) is 10.6 Å². The van der Waals surface area contributed by atoms with Crippen LogP contribution in [0.1, 0.15) is 51.6 Å². The molecular formula is C22H31N3O2S. The topological polar surface area (TPSA) is 53.6 Å². The van der Waals surface area contributed by atoms with E-state index in [1.165, 1.54) is 0 Å². The third-order valence-electron chi connectivity index (χ3n) is 6.06. The molecule has 4 atom stereocenters. The van der Waals surface area contributed by atoms with Crippen LogP contribution in [-0.4, -0.2) is 31.3 Å². The molecule has 2 aliphatic rings. The fraction of sp³-hybridized carbons (Fsp3) is 0.545. The Balaban J connectivity index is 1.82. The number of hydrogen-bond donors (Lipinski definition) is 2. The Kier molecular flexibility index (Phi) is 6.28. The van der Waals surface area contributed by atoms with Gasteiger partial charge in [0.1, 0.15) is 6.10 Å². The van der Waals surface area contributed by atoms with Crippen LogP contribution in [0, 0.1) is 11.8 Å². The molecule has 0 aromatic heterocycles. The van der Waals surface area contributed by atoms with Crippen molar-refractivity contribution in [3.8, 4) is 0 Å². The molecular weight excluding hydrogens is 370 g/mol. The van der Waals surface area contributed by atoms with Gasteiger partial charge in [-0.15, -0.1) is 0 Å². The van der Waals surface area contributed by atoms with Crippen LogP contribution in [-0.2, 0) is 9.53 Å². The Morgan fingerprint density at radius 3 is 2.43 bits per heavy atom. The first kappa shape index (κ1) is 20.6. The van der Waals surface area contributed by atoms with E-state index in [9.17, 15) is 4.79 Å². The lowest BCUT2D eigenvalue weighted by molar-refractivity contribution is -0.147. The average Bonchev–Trinajstić information content (AvgIpc) is 2.64. The largest absolute Gasteiger partial charge is 0.459 e. The maximum atomic E-state index is 13.1. The zero-order valence-electron chi connectivity index (χ0n) is 17.4. The van der Waals surface area contributed by atoms with Gasteiger partial charge < -0.3 is 20.3 Å². The lowest BCUT2D eigenvalue weighted by Gasteiger charge is -2.34. The summed E-state index contributed by atoms with van der Waals surface area (Å²) in [5.74, 6) is 1.01. The standard InChI is InChI=1S/C22H31N3O2S/c1-13-6-11-18(12-14(13)2)27-21(26)19-15(3)23-22(28)24-20(19)16-7-9-17(10-8-16)25(4)5/h7-10,13-14,18,20H,6,11-12H2,1-5H3,(H2,23,24,28)/t13-,14+,18-,20-/m1/s1. The molecule has 1 aromatic carbocycles. The van der Waals surface area contributed by atoms with Crippen molar-refractivity contribution in [2.75, 3.05) is 19.0 Å². The van der Waals surface area contributed by atoms with E-state index in [0.29, 0.717) is 22.5 Å². The number of carbonyl (C=O) groups is 1. The van der Waals surface area contributed by atoms with E-state index < -0.39 is 0 Å². The summed E-state index contributed by atoms with van der Waals surface area (Å²) in [5, 5.41) is 6.85. The highest BCUT2D eigenvalue weighted by Gasteiger charge is 2.34. The molecule has 1 aliphatic heterocycles. The number of esters is 1. The molecule has 1 saturated carbocycles. The Bertz CT molecular complexity index is 772. The molecule has 1 aliphatic carbocycles. The fourth-order valence-electron chi connectivity index (χ4n) is 4.00. The highest BCUT2D eigenvalue weighted by molar-refractivity contribution is 7.80. The molecule has 0 spiro atoms. The summed E-state index contributed by atoms with van der Waals surface area (Å²) in [5.41, 5.74) is 3.46. The Morgan fingerprint density at radius 2 is 1.82 bits per heavy atom. The highest BCUT2D eigenvalue weighted by Crippen LogP contribution is 2.33. The Morgan fingerprint density at radius 1 is 1.14 bits per heavy atom. The first-order valence-electron chi connectivity index (χ1n) is 10.0. The smallest absolute Gasteiger partial charge is 0.338 e. The van der Waals surface area contributed by atoms with Crippen molar-refractivity contribution >= 4 is 29.0 Å². The van der Waals surface area contributed by atoms with Gasteiger partial charge in [0.25, 0.3) is 0 Å². The molecule has 1 fully saturated rings. The molecule has 6 heteroatoms. The van der Waals surface area contributed by atoms with Crippen LogP contribution >= 0.6 is 12.2 Å². The van der Waals surface area contributed by atoms with Gasteiger partial charge in [0.2, 0.25) is 0 Å². The quantitative estimate of drug-likeness (QED) is 0.589. The molecule has 0 saturated heterocycles. The molecule has 0 bridgehead atoms. The van der Waals surface area contributed by atoms with Crippen molar-refractivity contribution in [2.45, 2.75) is 52.2 Å². The zero-order chi connectivity index (χ0) is 20.4. The van der Waals surface area contributed by atoms with Crippen molar-refractivity contribution < 1.29 is 9.53 Å². The Labute approximate surface area is 173 Å². The normalized spacial score (nSPS) is 27.7. The second-order valence-corrected chi connectivity index (χ2v) is 8.76. The van der Waals surface area contributed by atoms with Gasteiger partial charge in [-0.1, -0.05) is 26.0 Å². The van der Waals surface area contributed by atoms with Crippen LogP contribution in [0.25, 0.3) is 0 Å². The minimum atomic E-state index is -0.308. The fourth-order valence-corrected chi connectivity index (χ4v) is 4.27. The van der Waals surface area contributed by atoms with Gasteiger partial charge in [-0.05, 0) is 67.9 Å². The number of nitrogens with one attached hydrogen (secondary N) is 2.